The minimum absolute atomic E-state index is 0.0402. The number of ether oxygens (including phenoxy) is 4. The Morgan fingerprint density at radius 1 is 1.20 bits per heavy atom. The molecule has 0 saturated heterocycles. The summed E-state index contributed by atoms with van der Waals surface area (Å²) < 4.78 is 22.2. The first-order valence-electron chi connectivity index (χ1n) is 8.24. The van der Waals surface area contributed by atoms with Crippen LogP contribution >= 0.6 is 0 Å². The van der Waals surface area contributed by atoms with Gasteiger partial charge < -0.3 is 24.3 Å². The molecule has 2 aromatic carbocycles. The summed E-state index contributed by atoms with van der Waals surface area (Å²) >= 11 is 0. The van der Waals surface area contributed by atoms with E-state index in [1.165, 1.54) is 0 Å². The molecule has 130 valence electrons. The molecule has 2 aliphatic heterocycles. The molecule has 25 heavy (non-hydrogen) atoms. The van der Waals surface area contributed by atoms with Crippen LogP contribution in [0.3, 0.4) is 0 Å². The molecule has 1 atom stereocenters. The number of nitrogens with one attached hydrogen (secondary N) is 1. The summed E-state index contributed by atoms with van der Waals surface area (Å²) in [5.74, 6) is 2.50. The molecule has 0 aliphatic carbocycles. The molecule has 6 nitrogen and oxygen atoms in total. The number of carbonyl (C=O) groups excluding carboxylic acids is 1. The average Bonchev–Trinajstić information content (AvgIpc) is 3.07. The van der Waals surface area contributed by atoms with E-state index in [-0.39, 0.29) is 18.6 Å². The summed E-state index contributed by atoms with van der Waals surface area (Å²) in [6.45, 7) is 2.64. The van der Waals surface area contributed by atoms with Gasteiger partial charge in [-0.25, -0.2) is 0 Å². The zero-order valence-electron chi connectivity index (χ0n) is 14.1. The molecular weight excluding hydrogens is 322 g/mol. The van der Waals surface area contributed by atoms with Crippen LogP contribution in [-0.2, 0) is 4.79 Å². The zero-order valence-corrected chi connectivity index (χ0v) is 14.1. The van der Waals surface area contributed by atoms with Gasteiger partial charge in [-0.05, 0) is 24.6 Å². The maximum atomic E-state index is 12.3. The fourth-order valence-corrected chi connectivity index (χ4v) is 3.40. The number of rotatable bonds is 4. The van der Waals surface area contributed by atoms with Crippen molar-refractivity contribution in [2.24, 2.45) is 0 Å². The third-order valence-electron chi connectivity index (χ3n) is 4.48. The highest BCUT2D eigenvalue weighted by atomic mass is 16.7. The number of para-hydroxylation sites is 1. The number of amides is 1. The fourth-order valence-electron chi connectivity index (χ4n) is 3.40. The summed E-state index contributed by atoms with van der Waals surface area (Å²) in [7, 11) is 1.61. The van der Waals surface area contributed by atoms with Crippen molar-refractivity contribution in [3.63, 3.8) is 0 Å². The molecule has 2 aliphatic rings. The predicted octanol–water partition coefficient (Wildman–Crippen LogP) is 3.30. The van der Waals surface area contributed by atoms with Crippen molar-refractivity contribution in [1.29, 1.82) is 0 Å². The topological polar surface area (TPSA) is 66.0 Å². The van der Waals surface area contributed by atoms with Gasteiger partial charge in [0.1, 0.15) is 0 Å². The van der Waals surface area contributed by atoms with Crippen LogP contribution in [-0.4, -0.2) is 26.4 Å². The maximum absolute atomic E-state index is 12.3. The molecular formula is C19H19NO5. The van der Waals surface area contributed by atoms with Gasteiger partial charge in [0.15, 0.2) is 23.0 Å². The molecule has 4 rings (SSSR count). The van der Waals surface area contributed by atoms with Crippen molar-refractivity contribution in [1.82, 2.24) is 0 Å². The standard InChI is InChI=1S/C19H19NO5/c1-3-23-19-11(5-4-6-15(19)22-2)12-8-18(21)20-14-9-17-16(7-13(12)14)24-10-25-17/h4-7,9,12H,3,8,10H2,1-2H3,(H,20,21)/t12-/m1/s1. The lowest BCUT2D eigenvalue weighted by atomic mass is 9.84. The normalized spacial score (nSPS) is 17.7. The third kappa shape index (κ3) is 2.63. The number of benzene rings is 2. The van der Waals surface area contributed by atoms with Gasteiger partial charge in [-0.2, -0.15) is 0 Å². The second-order valence-electron chi connectivity index (χ2n) is 5.91. The Morgan fingerprint density at radius 3 is 2.76 bits per heavy atom. The predicted molar refractivity (Wildman–Crippen MR) is 91.8 cm³/mol. The lowest BCUT2D eigenvalue weighted by Gasteiger charge is -2.28. The van der Waals surface area contributed by atoms with Gasteiger partial charge in [0, 0.05) is 29.7 Å². The second-order valence-corrected chi connectivity index (χ2v) is 5.91. The van der Waals surface area contributed by atoms with Crippen molar-refractivity contribution in [3.05, 3.63) is 41.5 Å². The van der Waals surface area contributed by atoms with Gasteiger partial charge in [0.25, 0.3) is 0 Å². The van der Waals surface area contributed by atoms with E-state index in [1.807, 2.05) is 37.3 Å². The molecule has 0 bridgehead atoms. The summed E-state index contributed by atoms with van der Waals surface area (Å²) in [5.41, 5.74) is 2.66. The number of hydrogen-bond donors (Lipinski definition) is 1. The zero-order chi connectivity index (χ0) is 17.4. The average molecular weight is 341 g/mol. The first-order valence-corrected chi connectivity index (χ1v) is 8.24. The van der Waals surface area contributed by atoms with E-state index in [0.29, 0.717) is 36.0 Å². The molecule has 0 saturated carbocycles. The van der Waals surface area contributed by atoms with Gasteiger partial charge >= 0.3 is 0 Å². The second kappa shape index (κ2) is 6.20. The maximum Gasteiger partial charge on any atom is 0.231 e. The largest absolute Gasteiger partial charge is 0.493 e. The molecule has 2 heterocycles. The summed E-state index contributed by atoms with van der Waals surface area (Å²) in [6.07, 6.45) is 0.333. The van der Waals surface area contributed by atoms with Crippen LogP contribution in [0.5, 0.6) is 23.0 Å². The van der Waals surface area contributed by atoms with E-state index >= 15 is 0 Å². The molecule has 0 aromatic heterocycles. The van der Waals surface area contributed by atoms with Crippen molar-refractivity contribution in [3.8, 4) is 23.0 Å². The van der Waals surface area contributed by atoms with Gasteiger partial charge in [-0.3, -0.25) is 4.79 Å². The quantitative estimate of drug-likeness (QED) is 0.924. The van der Waals surface area contributed by atoms with Crippen LogP contribution < -0.4 is 24.3 Å². The molecule has 1 N–H and O–H groups in total. The molecule has 0 unspecified atom stereocenters. The van der Waals surface area contributed by atoms with Gasteiger partial charge in [0.05, 0.1) is 13.7 Å². The first-order chi connectivity index (χ1) is 12.2. The number of anilines is 1. The van der Waals surface area contributed by atoms with Crippen molar-refractivity contribution in [2.75, 3.05) is 25.8 Å². The lowest BCUT2D eigenvalue weighted by Crippen LogP contribution is -2.24. The van der Waals surface area contributed by atoms with E-state index in [0.717, 1.165) is 16.8 Å². The SMILES string of the molecule is CCOc1c(OC)cccc1[C@H]1CC(=O)Nc2cc3c(cc21)OCO3. The van der Waals surface area contributed by atoms with E-state index in [1.54, 1.807) is 7.11 Å². The minimum Gasteiger partial charge on any atom is -0.493 e. The molecule has 2 aromatic rings. The van der Waals surface area contributed by atoms with E-state index in [4.69, 9.17) is 18.9 Å². The summed E-state index contributed by atoms with van der Waals surface area (Å²) in [6, 6.07) is 9.51. The van der Waals surface area contributed by atoms with Gasteiger partial charge in [0.2, 0.25) is 12.7 Å². The molecule has 1 amide bonds. The van der Waals surface area contributed by atoms with Crippen LogP contribution in [0.15, 0.2) is 30.3 Å². The molecule has 0 radical (unpaired) electrons. The lowest BCUT2D eigenvalue weighted by molar-refractivity contribution is -0.116. The van der Waals surface area contributed by atoms with Crippen molar-refractivity contribution < 1.29 is 23.7 Å². The highest BCUT2D eigenvalue weighted by Gasteiger charge is 2.32. The minimum atomic E-state index is -0.144. The fraction of sp³-hybridized carbons (Fsp3) is 0.316. The van der Waals surface area contributed by atoms with E-state index in [9.17, 15) is 4.79 Å². The highest BCUT2D eigenvalue weighted by Crippen LogP contribution is 2.47. The number of hydrogen-bond acceptors (Lipinski definition) is 5. The van der Waals surface area contributed by atoms with Crippen LogP contribution in [0.25, 0.3) is 0 Å². The Balaban J connectivity index is 1.86. The Kier molecular flexibility index (Phi) is 3.87. The van der Waals surface area contributed by atoms with E-state index in [2.05, 4.69) is 5.32 Å². The van der Waals surface area contributed by atoms with Crippen LogP contribution in [0.4, 0.5) is 5.69 Å². The van der Waals surface area contributed by atoms with E-state index < -0.39 is 0 Å². The summed E-state index contributed by atoms with van der Waals surface area (Å²) in [5, 5.41) is 2.92. The highest BCUT2D eigenvalue weighted by molar-refractivity contribution is 5.96. The van der Waals surface area contributed by atoms with Gasteiger partial charge in [-0.15, -0.1) is 0 Å². The molecule has 0 fully saturated rings. The Hall–Kier alpha value is -2.89. The van der Waals surface area contributed by atoms with Crippen molar-refractivity contribution >= 4 is 11.6 Å². The third-order valence-corrected chi connectivity index (χ3v) is 4.48. The number of carbonyl (C=O) groups is 1. The number of fused-ring (bicyclic) bond motifs is 2. The van der Waals surface area contributed by atoms with Crippen molar-refractivity contribution in [2.45, 2.75) is 19.3 Å². The molecule has 0 spiro atoms. The van der Waals surface area contributed by atoms with Crippen LogP contribution in [0.1, 0.15) is 30.4 Å². The van der Waals surface area contributed by atoms with Gasteiger partial charge in [-0.1, -0.05) is 12.1 Å². The van der Waals surface area contributed by atoms with Crippen LogP contribution in [0, 0.1) is 0 Å². The number of methoxy groups -OCH3 is 1. The Labute approximate surface area is 145 Å². The summed E-state index contributed by atoms with van der Waals surface area (Å²) in [4.78, 5) is 12.3. The Morgan fingerprint density at radius 2 is 2.00 bits per heavy atom. The Bertz CT molecular complexity index is 833. The van der Waals surface area contributed by atoms with Crippen LogP contribution in [0.2, 0.25) is 0 Å². The smallest absolute Gasteiger partial charge is 0.231 e. The monoisotopic (exact) mass is 341 g/mol. The molecule has 6 heteroatoms. The first kappa shape index (κ1) is 15.6.